The number of nitrogens with zero attached hydrogens (tertiary/aromatic N) is 2. The van der Waals surface area contributed by atoms with Crippen LogP contribution >= 0.6 is 12.4 Å². The highest BCUT2D eigenvalue weighted by Gasteiger charge is 2.05. The van der Waals surface area contributed by atoms with Crippen molar-refractivity contribution in [2.24, 2.45) is 0 Å². The summed E-state index contributed by atoms with van der Waals surface area (Å²) in [5.41, 5.74) is 1.92. The molecule has 0 aliphatic carbocycles. The first kappa shape index (κ1) is 23.9. The number of nitrogens with one attached hydrogen (secondary N) is 1. The fourth-order valence-electron chi connectivity index (χ4n) is 1.93. The van der Waals surface area contributed by atoms with E-state index in [-0.39, 0.29) is 24.5 Å². The van der Waals surface area contributed by atoms with Gasteiger partial charge in [-0.05, 0) is 25.0 Å². The molecule has 0 unspecified atom stereocenters. The van der Waals surface area contributed by atoms with Crippen molar-refractivity contribution in [3.63, 3.8) is 0 Å². The minimum absolute atomic E-state index is 0. The fraction of sp³-hybridized carbons (Fsp3) is 0.357. The van der Waals surface area contributed by atoms with Crippen molar-refractivity contribution >= 4 is 29.0 Å². The number of benzene rings is 1. The summed E-state index contributed by atoms with van der Waals surface area (Å²) >= 11 is 0. The van der Waals surface area contributed by atoms with Gasteiger partial charge in [0.2, 0.25) is 0 Å². The van der Waals surface area contributed by atoms with Crippen LogP contribution in [-0.4, -0.2) is 46.1 Å². The Bertz CT molecular complexity index is 610. The lowest BCUT2D eigenvalue weighted by atomic mass is 10.1. The molecule has 136 valence electrons. The molecule has 0 aliphatic heterocycles. The van der Waals surface area contributed by atoms with Crippen LogP contribution in [-0.2, 0) is 0 Å². The van der Waals surface area contributed by atoms with Crippen LogP contribution in [0.2, 0.25) is 0 Å². The third-order valence-corrected chi connectivity index (χ3v) is 2.85. The van der Waals surface area contributed by atoms with Crippen LogP contribution in [0.1, 0.15) is 12.8 Å². The zero-order valence-electron chi connectivity index (χ0n) is 13.1. The molecule has 2 aromatic rings. The van der Waals surface area contributed by atoms with Crippen molar-refractivity contribution in [3.05, 3.63) is 40.6 Å². The van der Waals surface area contributed by atoms with Crippen LogP contribution in [0.5, 0.6) is 5.75 Å². The van der Waals surface area contributed by atoms with Crippen LogP contribution in [0.15, 0.2) is 30.5 Å². The molecule has 10 heteroatoms. The average molecular weight is 364 g/mol. The third kappa shape index (κ3) is 7.77. The molecular formula is C14H22ClN3O6. The maximum absolute atomic E-state index is 8.75. The summed E-state index contributed by atoms with van der Waals surface area (Å²) in [5.74, 6) is 0.784. The Kier molecular flexibility index (Phi) is 13.1. The van der Waals surface area contributed by atoms with Gasteiger partial charge in [-0.25, -0.2) is 0 Å². The summed E-state index contributed by atoms with van der Waals surface area (Å²) in [4.78, 5) is 12.7. The number of methoxy groups -OCH3 is 1. The minimum atomic E-state index is -1.50. The molecule has 0 bridgehead atoms. The van der Waals surface area contributed by atoms with E-state index >= 15 is 0 Å². The van der Waals surface area contributed by atoms with Crippen LogP contribution in [0.3, 0.4) is 0 Å². The monoisotopic (exact) mass is 363 g/mol. The van der Waals surface area contributed by atoms with E-state index in [2.05, 4.69) is 10.3 Å². The molecule has 5 N–H and O–H groups in total. The second-order valence-corrected chi connectivity index (χ2v) is 4.31. The Morgan fingerprint density at radius 3 is 2.58 bits per heavy atom. The normalized spacial score (nSPS) is 8.92. The molecule has 1 aromatic heterocycles. The van der Waals surface area contributed by atoms with Gasteiger partial charge in [0.25, 0.3) is 5.09 Å². The largest absolute Gasteiger partial charge is 0.494 e. The third-order valence-electron chi connectivity index (χ3n) is 2.85. The second-order valence-electron chi connectivity index (χ2n) is 4.31. The van der Waals surface area contributed by atoms with E-state index in [0.717, 1.165) is 41.7 Å². The number of fused-ring (bicyclic) bond motifs is 1. The Hall–Kier alpha value is -2.36. The molecule has 0 spiro atoms. The van der Waals surface area contributed by atoms with Crippen molar-refractivity contribution < 1.29 is 25.6 Å². The van der Waals surface area contributed by atoms with E-state index in [1.165, 1.54) is 0 Å². The van der Waals surface area contributed by atoms with Crippen molar-refractivity contribution in [2.45, 2.75) is 12.8 Å². The molecule has 1 heterocycles. The second kappa shape index (κ2) is 13.1. The SMILES string of the molecule is COc1cccc2c(NCCCCO)ccnc12.Cl.O.O=[N+]([O-])O. The Balaban J connectivity index is 0. The number of para-hydroxylation sites is 1. The van der Waals surface area contributed by atoms with Gasteiger partial charge in [0.05, 0.1) is 7.11 Å². The highest BCUT2D eigenvalue weighted by atomic mass is 35.5. The molecule has 0 atom stereocenters. The highest BCUT2D eigenvalue weighted by Crippen LogP contribution is 2.28. The molecule has 0 radical (unpaired) electrons. The van der Waals surface area contributed by atoms with Crippen LogP contribution < -0.4 is 10.1 Å². The van der Waals surface area contributed by atoms with Gasteiger partial charge in [-0.15, -0.1) is 22.5 Å². The maximum atomic E-state index is 8.75. The number of hydrogen-bond donors (Lipinski definition) is 3. The van der Waals surface area contributed by atoms with E-state index < -0.39 is 5.09 Å². The zero-order chi connectivity index (χ0) is 16.4. The number of unbranched alkanes of at least 4 members (excludes halogenated alkanes) is 1. The summed E-state index contributed by atoms with van der Waals surface area (Å²) in [5, 5.41) is 26.8. The first-order valence-electron chi connectivity index (χ1n) is 6.70. The number of aliphatic hydroxyl groups is 1. The first-order valence-corrected chi connectivity index (χ1v) is 6.70. The first-order chi connectivity index (χ1) is 10.6. The van der Waals surface area contributed by atoms with Gasteiger partial charge in [0.1, 0.15) is 11.3 Å². The molecule has 0 amide bonds. The van der Waals surface area contributed by atoms with E-state index in [4.69, 9.17) is 25.2 Å². The number of rotatable bonds is 6. The average Bonchev–Trinajstić information content (AvgIpc) is 2.50. The van der Waals surface area contributed by atoms with E-state index in [0.29, 0.717) is 0 Å². The minimum Gasteiger partial charge on any atom is -0.494 e. The van der Waals surface area contributed by atoms with Crippen molar-refractivity contribution in [2.75, 3.05) is 25.6 Å². The molecule has 24 heavy (non-hydrogen) atoms. The molecular weight excluding hydrogens is 342 g/mol. The van der Waals surface area contributed by atoms with Gasteiger partial charge in [-0.3, -0.25) is 4.98 Å². The number of aliphatic hydroxyl groups excluding tert-OH is 1. The molecule has 9 nitrogen and oxygen atoms in total. The number of halogens is 1. The molecule has 1 aromatic carbocycles. The lowest BCUT2D eigenvalue weighted by molar-refractivity contribution is -0.742. The molecule has 0 saturated carbocycles. The van der Waals surface area contributed by atoms with Gasteiger partial charge in [0.15, 0.2) is 0 Å². The Morgan fingerprint density at radius 2 is 2.00 bits per heavy atom. The summed E-state index contributed by atoms with van der Waals surface area (Å²) in [6.07, 6.45) is 3.54. The van der Waals surface area contributed by atoms with E-state index in [1.807, 2.05) is 24.3 Å². The molecule has 0 saturated heterocycles. The van der Waals surface area contributed by atoms with Crippen LogP contribution in [0.25, 0.3) is 10.9 Å². The lowest BCUT2D eigenvalue weighted by Crippen LogP contribution is -2.03. The Morgan fingerprint density at radius 1 is 1.33 bits per heavy atom. The smallest absolute Gasteiger partial charge is 0.291 e. The predicted molar refractivity (Wildman–Crippen MR) is 92.7 cm³/mol. The quantitative estimate of drug-likeness (QED) is 0.401. The van der Waals surface area contributed by atoms with Crippen LogP contribution in [0, 0.1) is 10.1 Å². The summed E-state index contributed by atoms with van der Waals surface area (Å²) in [6, 6.07) is 7.85. The topological polar surface area (TPSA) is 149 Å². The fourth-order valence-corrected chi connectivity index (χ4v) is 1.93. The van der Waals surface area contributed by atoms with Gasteiger partial charge in [-0.2, -0.15) is 0 Å². The van der Waals surface area contributed by atoms with E-state index in [9.17, 15) is 0 Å². The summed E-state index contributed by atoms with van der Waals surface area (Å²) in [7, 11) is 1.65. The predicted octanol–water partition coefficient (Wildman–Crippen LogP) is 1.68. The van der Waals surface area contributed by atoms with E-state index in [1.54, 1.807) is 13.3 Å². The van der Waals surface area contributed by atoms with Crippen molar-refractivity contribution in [1.82, 2.24) is 4.98 Å². The van der Waals surface area contributed by atoms with Gasteiger partial charge < -0.3 is 25.8 Å². The lowest BCUT2D eigenvalue weighted by Gasteiger charge is -2.10. The number of anilines is 1. The van der Waals surface area contributed by atoms with Crippen LogP contribution in [0.4, 0.5) is 5.69 Å². The molecule has 2 rings (SSSR count). The standard InChI is InChI=1S/C14H18N2O2.ClH.HNO3.H2O/c1-18-13-6-4-5-11-12(7-9-16-14(11)13)15-8-2-3-10-17;;2-1(3)4;/h4-7,9,17H,2-3,8,10H2,1H3,(H,15,16);1H;(H,2,3,4);1H2. The number of pyridine rings is 1. The van der Waals surface area contributed by atoms with Gasteiger partial charge >= 0.3 is 0 Å². The molecule has 0 aliphatic rings. The highest BCUT2D eigenvalue weighted by molar-refractivity contribution is 5.94. The summed E-state index contributed by atoms with van der Waals surface area (Å²) < 4.78 is 5.30. The van der Waals surface area contributed by atoms with Gasteiger partial charge in [0, 0.05) is 30.4 Å². The zero-order valence-corrected chi connectivity index (χ0v) is 14.0. The Labute approximate surface area is 145 Å². The van der Waals surface area contributed by atoms with Crippen molar-refractivity contribution in [1.29, 1.82) is 0 Å². The van der Waals surface area contributed by atoms with Crippen molar-refractivity contribution in [3.8, 4) is 5.75 Å². The summed E-state index contributed by atoms with van der Waals surface area (Å²) in [6.45, 7) is 1.09. The van der Waals surface area contributed by atoms with Gasteiger partial charge in [-0.1, -0.05) is 12.1 Å². The number of ether oxygens (including phenoxy) is 1. The number of hydrogen-bond acceptors (Lipinski definition) is 6. The molecule has 0 fully saturated rings. The number of aromatic nitrogens is 1. The maximum Gasteiger partial charge on any atom is 0.291 e.